The lowest BCUT2D eigenvalue weighted by Gasteiger charge is -2.22. The summed E-state index contributed by atoms with van der Waals surface area (Å²) in [5.41, 5.74) is 19.3. The molecular formula is C102H97Br4F5N10O10Si. The molecule has 0 saturated heterocycles. The number of halogens is 9. The van der Waals surface area contributed by atoms with Gasteiger partial charge in [0.05, 0.1) is 82.0 Å². The highest BCUT2D eigenvalue weighted by Crippen LogP contribution is 2.38. The van der Waals surface area contributed by atoms with E-state index in [4.69, 9.17) is 29.9 Å². The number of aromatic nitrogens is 4. The molecule has 682 valence electrons. The average Bonchev–Trinajstić information content (AvgIpc) is 1.61. The molecular weight excluding hydrogens is 1970 g/mol. The predicted octanol–water partition coefficient (Wildman–Crippen LogP) is 24.0. The first-order chi connectivity index (χ1) is 62.7. The van der Waals surface area contributed by atoms with E-state index >= 15 is 0 Å². The average molecular weight is 2070 g/mol. The van der Waals surface area contributed by atoms with E-state index in [1.54, 1.807) is 145 Å². The molecule has 0 saturated carbocycles. The molecule has 2 aromatic heterocycles. The van der Waals surface area contributed by atoms with Crippen LogP contribution in [-0.4, -0.2) is 116 Å². The van der Waals surface area contributed by atoms with Gasteiger partial charge in [-0.15, -0.1) is 5.54 Å². The second-order valence-electron chi connectivity index (χ2n) is 32.3. The SMILES string of the molecule is CCCC.CCOC(=O)c1ncn2c1[C@@H](C)N=C(c1ccccc1F)c1cc(Br)ccc1-2.CCOC(=O)c1ncn2c1[C@@H](C)N=C(c1ccccc1F)c1cc(C#C[Si](C)(C)C)ccc1-2.C[C@@H](NC(=O)OC(C)(C)C)C(=O)Nc1ccc(Br)cc1C(=O)c1ccccc1F.C[C@H]1N=C(c2ccccc2F)c2cc(Br)ccc2CC1=O.Nc1ccc(Br)cc1C(=O)c1ccccc1F. The minimum Gasteiger partial charge on any atom is -0.461 e. The fraction of sp³-hybridized carbons (Fsp3) is 0.235. The number of hydrogen-bond donors (Lipinski definition) is 3. The van der Waals surface area contributed by atoms with Gasteiger partial charge in [0.2, 0.25) is 5.91 Å². The Morgan fingerprint density at radius 2 is 0.902 bits per heavy atom. The van der Waals surface area contributed by atoms with Crippen LogP contribution in [0.15, 0.2) is 258 Å². The van der Waals surface area contributed by atoms with Crippen LogP contribution in [0, 0.1) is 40.6 Å². The lowest BCUT2D eigenvalue weighted by atomic mass is 9.95. The van der Waals surface area contributed by atoms with Gasteiger partial charge in [0.25, 0.3) is 0 Å². The summed E-state index contributed by atoms with van der Waals surface area (Å²) < 4.78 is 93.4. The molecule has 30 heteroatoms. The van der Waals surface area contributed by atoms with Gasteiger partial charge in [-0.05, 0) is 213 Å². The van der Waals surface area contributed by atoms with Gasteiger partial charge in [0.1, 0.15) is 67.5 Å². The first-order valence-corrected chi connectivity index (χ1v) is 48.9. The standard InChI is InChI=1S/C26H26FN3O2Si.C21H17BrFN3O2.C21H22BrFN2O4.C17H13BrFNO.C13H9BrFNO.C4H10/c1-6-32-26(31)24-25-17(2)29-23(19-9-7-8-10-21(19)27)20-15-18(13-14-33(3,4)5)11-12-22(20)30(25)16-28-24;1-3-28-21(27)19-20-12(2)25-18(14-6-4-5-7-16(14)23)15-10-13(22)8-9-17(15)26(20)11-24-19;1-12(24-20(28)29-21(2,3)4)19(27)25-17-10-9-13(22)11-15(17)18(26)14-7-5-6-8-16(14)23;1-10-16(21)8-11-6-7-12(18)9-14(11)17(20-10)13-4-2-3-5-15(13)19;14-8-5-6-12(16)10(7-8)13(17)9-3-1-2-4-11(9)15;1-3-4-2/h7-12,15-17H,6H2,1-5H3;4-12H,3H2,1-2H3;5-12H,1-4H3,(H,24,28)(H,25,27);2-7,9-10H,8H2,1H3;1-7H,16H2;3-4H2,1-2H3/t17-;2*12-;10-;;/m1111../s1. The van der Waals surface area contributed by atoms with E-state index in [2.05, 4.69) is 134 Å². The van der Waals surface area contributed by atoms with Crippen LogP contribution in [0.3, 0.4) is 0 Å². The number of alkyl carbamates (subject to hydrolysis) is 1. The Labute approximate surface area is 798 Å². The number of benzene rings is 10. The number of amides is 2. The van der Waals surface area contributed by atoms with Crippen molar-refractivity contribution >= 4 is 142 Å². The molecule has 12 aromatic rings. The highest BCUT2D eigenvalue weighted by molar-refractivity contribution is 9.11. The van der Waals surface area contributed by atoms with Crippen molar-refractivity contribution in [2.45, 2.75) is 145 Å². The van der Waals surface area contributed by atoms with Crippen molar-refractivity contribution in [2.24, 2.45) is 15.0 Å². The zero-order valence-electron chi connectivity index (χ0n) is 74.9. The molecule has 0 bridgehead atoms. The Bertz CT molecular complexity index is 6510. The number of Topliss-reactive ketones (excluding diaryl/α,β-unsaturated/α-hetero) is 1. The molecule has 0 unspecified atom stereocenters. The number of nitrogens with zero attached hydrogens (tertiary/aromatic N) is 7. The molecule has 15 rings (SSSR count). The van der Waals surface area contributed by atoms with E-state index in [0.717, 1.165) is 52.6 Å². The van der Waals surface area contributed by atoms with Gasteiger partial charge in [-0.2, -0.15) is 0 Å². The topological polar surface area (TPSA) is 270 Å². The number of rotatable bonds is 15. The third-order valence-electron chi connectivity index (χ3n) is 20.0. The quantitative estimate of drug-likeness (QED) is 0.0164. The van der Waals surface area contributed by atoms with Gasteiger partial charge in [0, 0.05) is 80.1 Å². The van der Waals surface area contributed by atoms with Crippen LogP contribution in [-0.2, 0) is 30.2 Å². The molecule has 132 heavy (non-hydrogen) atoms. The lowest BCUT2D eigenvalue weighted by Crippen LogP contribution is -2.44. The number of carbonyl (C=O) groups is 7. The maximum atomic E-state index is 14.9. The van der Waals surface area contributed by atoms with Crippen LogP contribution in [0.25, 0.3) is 11.4 Å². The largest absolute Gasteiger partial charge is 0.461 e. The van der Waals surface area contributed by atoms with Crippen LogP contribution in [0.1, 0.15) is 210 Å². The zero-order chi connectivity index (χ0) is 96.2. The second kappa shape index (κ2) is 46.0. The highest BCUT2D eigenvalue weighted by atomic mass is 79.9. The van der Waals surface area contributed by atoms with Crippen molar-refractivity contribution < 1.29 is 69.7 Å². The van der Waals surface area contributed by atoms with Gasteiger partial charge in [-0.1, -0.05) is 183 Å². The molecule has 0 radical (unpaired) electrons. The molecule has 5 heterocycles. The number of esters is 2. The van der Waals surface area contributed by atoms with Gasteiger partial charge in [0.15, 0.2) is 28.7 Å². The molecule has 3 aliphatic heterocycles. The summed E-state index contributed by atoms with van der Waals surface area (Å²) in [6.07, 6.45) is 5.42. The lowest BCUT2D eigenvalue weighted by molar-refractivity contribution is -0.119. The summed E-state index contributed by atoms with van der Waals surface area (Å²) in [6.45, 7) is 27.0. The van der Waals surface area contributed by atoms with Gasteiger partial charge in [-0.25, -0.2) is 46.3 Å². The fourth-order valence-corrected chi connectivity index (χ4v) is 15.5. The van der Waals surface area contributed by atoms with Crippen molar-refractivity contribution in [1.82, 2.24) is 24.4 Å². The number of hydrogen-bond acceptors (Lipinski definition) is 16. The second-order valence-corrected chi connectivity index (χ2v) is 40.7. The number of fused-ring (bicyclic) bond motifs is 7. The summed E-state index contributed by atoms with van der Waals surface area (Å²) >= 11 is 13.5. The van der Waals surface area contributed by atoms with E-state index in [1.807, 2.05) is 77.6 Å². The number of aliphatic imine (C=N–C) groups is 3. The maximum absolute atomic E-state index is 14.9. The summed E-state index contributed by atoms with van der Waals surface area (Å²) in [5.74, 6) is -1.45. The Balaban J connectivity index is 0.000000172. The van der Waals surface area contributed by atoms with Crippen LogP contribution >= 0.6 is 63.7 Å². The van der Waals surface area contributed by atoms with Crippen molar-refractivity contribution in [3.8, 4) is 22.8 Å². The minimum atomic E-state index is -1.58. The normalized spacial score (nSPS) is 14.0. The maximum Gasteiger partial charge on any atom is 0.408 e. The van der Waals surface area contributed by atoms with Crippen LogP contribution in [0.5, 0.6) is 0 Å². The predicted molar refractivity (Wildman–Crippen MR) is 523 cm³/mol. The van der Waals surface area contributed by atoms with E-state index in [0.29, 0.717) is 67.4 Å². The molecule has 4 N–H and O–H groups in total. The Kier molecular flexibility index (Phi) is 35.4. The number of ketones is 3. The third-order valence-corrected chi connectivity index (χ3v) is 22.9. The van der Waals surface area contributed by atoms with Crippen LogP contribution in [0.2, 0.25) is 19.6 Å². The summed E-state index contributed by atoms with van der Waals surface area (Å²) in [7, 11) is -1.58. The van der Waals surface area contributed by atoms with E-state index < -0.39 is 85.0 Å². The number of nitrogen functional groups attached to an aromatic ring is 1. The third kappa shape index (κ3) is 26.0. The van der Waals surface area contributed by atoms with Crippen molar-refractivity contribution in [3.63, 3.8) is 0 Å². The Morgan fingerprint density at radius 3 is 1.36 bits per heavy atom. The Morgan fingerprint density at radius 1 is 0.500 bits per heavy atom. The summed E-state index contributed by atoms with van der Waals surface area (Å²) in [6, 6.07) is 55.6. The van der Waals surface area contributed by atoms with Gasteiger partial charge < -0.3 is 30.6 Å². The highest BCUT2D eigenvalue weighted by Gasteiger charge is 2.34. The first-order valence-electron chi connectivity index (χ1n) is 42.2. The molecule has 2 amide bonds. The number of unbranched alkanes of at least 4 members (excludes halogenated alkanes) is 1. The molecule has 3 aliphatic rings. The van der Waals surface area contributed by atoms with E-state index in [1.165, 1.54) is 86.5 Å². The molecule has 20 nitrogen and oxygen atoms in total. The number of ether oxygens (including phenoxy) is 3. The van der Waals surface area contributed by atoms with Crippen molar-refractivity contribution in [3.05, 3.63) is 361 Å². The molecule has 0 aliphatic carbocycles. The summed E-state index contributed by atoms with van der Waals surface area (Å²) in [4.78, 5) is 109. The molecule has 10 aromatic carbocycles. The number of carbonyl (C=O) groups excluding carboxylic acids is 7. The monoisotopic (exact) mass is 2060 g/mol. The number of imidazole rings is 2. The van der Waals surface area contributed by atoms with Gasteiger partial charge in [-0.3, -0.25) is 43.3 Å². The smallest absolute Gasteiger partial charge is 0.408 e. The number of nitrogens with one attached hydrogen (secondary N) is 2. The van der Waals surface area contributed by atoms with Crippen molar-refractivity contribution in [2.75, 3.05) is 24.3 Å². The minimum absolute atomic E-state index is 0.0253. The summed E-state index contributed by atoms with van der Waals surface area (Å²) in [5, 5.41) is 5.03. The van der Waals surface area contributed by atoms with Crippen molar-refractivity contribution in [1.29, 1.82) is 0 Å². The molecule has 0 fully saturated rings. The molecule has 4 atom stereocenters. The van der Waals surface area contributed by atoms with E-state index in [-0.39, 0.29) is 70.2 Å². The number of nitrogens with two attached hydrogens (primary N) is 1. The van der Waals surface area contributed by atoms with Crippen LogP contribution < -0.4 is 16.4 Å². The first kappa shape index (κ1) is 102. The van der Waals surface area contributed by atoms with Crippen LogP contribution in [0.4, 0.5) is 38.1 Å². The molecule has 0 spiro atoms. The fourth-order valence-electron chi connectivity index (χ4n) is 13.5. The number of anilines is 2. The Hall–Kier alpha value is -12.5. The van der Waals surface area contributed by atoms with Gasteiger partial charge >= 0.3 is 18.0 Å². The van der Waals surface area contributed by atoms with E-state index in [9.17, 15) is 55.5 Å². The zero-order valence-corrected chi connectivity index (χ0v) is 82.2.